The van der Waals surface area contributed by atoms with Crippen LogP contribution in [0, 0.1) is 0 Å². The smallest absolute Gasteiger partial charge is 0.328 e. The van der Waals surface area contributed by atoms with Crippen LogP contribution in [0.5, 0.6) is 0 Å². The SMILES string of the molecule is O=C1C(c2ccccc2)N(Cc2ccccc2)C(=O)N1Cc1noc(-c2ccc(Cl)cc2)n1. The number of nitrogens with zero attached hydrogens (tertiary/aromatic N) is 4. The maximum absolute atomic E-state index is 13.4. The Morgan fingerprint density at radius 3 is 2.21 bits per heavy atom. The van der Waals surface area contributed by atoms with Gasteiger partial charge >= 0.3 is 6.03 Å². The van der Waals surface area contributed by atoms with Crippen molar-refractivity contribution in [1.29, 1.82) is 0 Å². The first-order valence-corrected chi connectivity index (χ1v) is 10.8. The molecule has 2 heterocycles. The summed E-state index contributed by atoms with van der Waals surface area (Å²) in [4.78, 5) is 33.9. The van der Waals surface area contributed by atoms with Crippen molar-refractivity contribution in [2.75, 3.05) is 0 Å². The molecule has 0 bridgehead atoms. The fraction of sp³-hybridized carbons (Fsp3) is 0.120. The summed E-state index contributed by atoms with van der Waals surface area (Å²) >= 11 is 5.93. The highest BCUT2D eigenvalue weighted by Gasteiger charge is 2.46. The number of amides is 3. The predicted molar refractivity (Wildman–Crippen MR) is 122 cm³/mol. The topological polar surface area (TPSA) is 79.5 Å². The molecular weight excluding hydrogens is 440 g/mol. The monoisotopic (exact) mass is 458 g/mol. The number of halogens is 1. The summed E-state index contributed by atoms with van der Waals surface area (Å²) in [7, 11) is 0. The maximum atomic E-state index is 13.4. The van der Waals surface area contributed by atoms with Gasteiger partial charge in [0.05, 0.1) is 6.54 Å². The highest BCUT2D eigenvalue weighted by molar-refractivity contribution is 6.30. The first kappa shape index (κ1) is 20.9. The second-order valence-corrected chi connectivity index (χ2v) is 8.09. The summed E-state index contributed by atoms with van der Waals surface area (Å²) in [6.07, 6.45) is 0. The van der Waals surface area contributed by atoms with E-state index in [9.17, 15) is 9.59 Å². The number of carbonyl (C=O) groups is 2. The number of urea groups is 1. The van der Waals surface area contributed by atoms with Gasteiger partial charge in [0, 0.05) is 17.1 Å². The molecule has 1 saturated heterocycles. The molecule has 1 aliphatic heterocycles. The minimum Gasteiger partial charge on any atom is -0.334 e. The second kappa shape index (κ2) is 8.88. The molecular formula is C25H19ClN4O3. The third kappa shape index (κ3) is 4.23. The quantitative estimate of drug-likeness (QED) is 0.376. The third-order valence-electron chi connectivity index (χ3n) is 5.46. The van der Waals surface area contributed by atoms with Gasteiger partial charge in [-0.15, -0.1) is 0 Å². The molecule has 3 amide bonds. The van der Waals surface area contributed by atoms with Gasteiger partial charge in [-0.2, -0.15) is 4.98 Å². The summed E-state index contributed by atoms with van der Waals surface area (Å²) < 4.78 is 5.34. The van der Waals surface area contributed by atoms with E-state index in [4.69, 9.17) is 16.1 Å². The normalized spacial score (nSPS) is 16.0. The fourth-order valence-corrected chi connectivity index (χ4v) is 3.98. The lowest BCUT2D eigenvalue weighted by Crippen LogP contribution is -2.32. The number of rotatable bonds is 6. The van der Waals surface area contributed by atoms with Crippen molar-refractivity contribution in [2.45, 2.75) is 19.1 Å². The molecule has 1 unspecified atom stereocenters. The van der Waals surface area contributed by atoms with Crippen LogP contribution < -0.4 is 0 Å². The van der Waals surface area contributed by atoms with Crippen LogP contribution in [0.3, 0.4) is 0 Å². The highest BCUT2D eigenvalue weighted by atomic mass is 35.5. The van der Waals surface area contributed by atoms with Crippen LogP contribution in [-0.4, -0.2) is 31.9 Å². The highest BCUT2D eigenvalue weighted by Crippen LogP contribution is 2.33. The van der Waals surface area contributed by atoms with E-state index in [1.807, 2.05) is 60.7 Å². The molecule has 1 aliphatic rings. The number of carbonyl (C=O) groups excluding carboxylic acids is 2. The minimum absolute atomic E-state index is 0.0800. The van der Waals surface area contributed by atoms with Crippen molar-refractivity contribution >= 4 is 23.5 Å². The fourth-order valence-electron chi connectivity index (χ4n) is 3.85. The van der Waals surface area contributed by atoms with Crippen molar-refractivity contribution in [3.05, 3.63) is 107 Å². The molecule has 0 spiro atoms. The lowest BCUT2D eigenvalue weighted by Gasteiger charge is -2.22. The zero-order valence-corrected chi connectivity index (χ0v) is 18.2. The first-order chi connectivity index (χ1) is 16.1. The number of benzene rings is 3. The Morgan fingerprint density at radius 1 is 0.848 bits per heavy atom. The van der Waals surface area contributed by atoms with Crippen molar-refractivity contribution in [1.82, 2.24) is 19.9 Å². The molecule has 0 N–H and O–H groups in total. The lowest BCUT2D eigenvalue weighted by molar-refractivity contribution is -0.129. The molecule has 1 aromatic heterocycles. The molecule has 8 heteroatoms. The van der Waals surface area contributed by atoms with Crippen LogP contribution in [0.1, 0.15) is 23.0 Å². The zero-order valence-electron chi connectivity index (χ0n) is 17.5. The van der Waals surface area contributed by atoms with Gasteiger partial charge in [0.2, 0.25) is 0 Å². The molecule has 33 heavy (non-hydrogen) atoms. The van der Waals surface area contributed by atoms with E-state index in [0.717, 1.165) is 11.1 Å². The zero-order chi connectivity index (χ0) is 22.8. The molecule has 164 valence electrons. The number of hydrogen-bond donors (Lipinski definition) is 0. The molecule has 4 aromatic rings. The molecule has 5 rings (SSSR count). The van der Waals surface area contributed by atoms with E-state index < -0.39 is 12.1 Å². The van der Waals surface area contributed by atoms with Crippen LogP contribution >= 0.6 is 11.6 Å². The van der Waals surface area contributed by atoms with Gasteiger partial charge in [-0.3, -0.25) is 9.69 Å². The largest absolute Gasteiger partial charge is 0.334 e. The van der Waals surface area contributed by atoms with Gasteiger partial charge in [0.25, 0.3) is 11.8 Å². The predicted octanol–water partition coefficient (Wildman–Crippen LogP) is 5.10. The van der Waals surface area contributed by atoms with Crippen molar-refractivity contribution in [3.8, 4) is 11.5 Å². The van der Waals surface area contributed by atoms with E-state index >= 15 is 0 Å². The van der Waals surface area contributed by atoms with Crippen molar-refractivity contribution < 1.29 is 14.1 Å². The van der Waals surface area contributed by atoms with Crippen molar-refractivity contribution in [2.24, 2.45) is 0 Å². The van der Waals surface area contributed by atoms with Gasteiger partial charge in [0.1, 0.15) is 6.04 Å². The Kier molecular flexibility index (Phi) is 5.62. The molecule has 1 atom stereocenters. The number of hydrogen-bond acceptors (Lipinski definition) is 5. The molecule has 1 fully saturated rings. The van der Waals surface area contributed by atoms with Crippen LogP contribution in [0.25, 0.3) is 11.5 Å². The Labute approximate surface area is 195 Å². The van der Waals surface area contributed by atoms with Gasteiger partial charge in [-0.05, 0) is 35.4 Å². The van der Waals surface area contributed by atoms with Gasteiger partial charge < -0.3 is 9.42 Å². The minimum atomic E-state index is -0.721. The molecule has 0 aliphatic carbocycles. The Balaban J connectivity index is 1.42. The number of aromatic nitrogens is 2. The van der Waals surface area contributed by atoms with Crippen LogP contribution in [0.4, 0.5) is 4.79 Å². The van der Waals surface area contributed by atoms with Crippen LogP contribution in [0.15, 0.2) is 89.5 Å². The van der Waals surface area contributed by atoms with E-state index in [1.165, 1.54) is 4.90 Å². The third-order valence-corrected chi connectivity index (χ3v) is 5.71. The Morgan fingerprint density at radius 2 is 1.52 bits per heavy atom. The van der Waals surface area contributed by atoms with Gasteiger partial charge in [-0.1, -0.05) is 77.4 Å². The summed E-state index contributed by atoms with van der Waals surface area (Å²) in [5, 5.41) is 4.57. The molecule has 0 radical (unpaired) electrons. The molecule has 0 saturated carbocycles. The van der Waals surface area contributed by atoms with Crippen molar-refractivity contribution in [3.63, 3.8) is 0 Å². The van der Waals surface area contributed by atoms with Gasteiger partial charge in [0.15, 0.2) is 5.82 Å². The van der Waals surface area contributed by atoms with Crippen LogP contribution in [-0.2, 0) is 17.9 Å². The van der Waals surface area contributed by atoms with E-state index in [1.54, 1.807) is 29.2 Å². The van der Waals surface area contributed by atoms with Crippen LogP contribution in [0.2, 0.25) is 5.02 Å². The first-order valence-electron chi connectivity index (χ1n) is 10.4. The van der Waals surface area contributed by atoms with E-state index in [0.29, 0.717) is 23.0 Å². The number of imide groups is 1. The second-order valence-electron chi connectivity index (χ2n) is 7.66. The standard InChI is InChI=1S/C25H19ClN4O3/c26-20-13-11-19(12-14-20)23-27-21(28-33-23)16-30-24(31)22(18-9-5-2-6-10-18)29(25(30)32)15-17-7-3-1-4-8-17/h1-14,22H,15-16H2. The summed E-state index contributed by atoms with van der Waals surface area (Å²) in [6, 6.07) is 24.7. The summed E-state index contributed by atoms with van der Waals surface area (Å²) in [5.41, 5.74) is 2.39. The Bertz CT molecular complexity index is 1280. The molecule has 7 nitrogen and oxygen atoms in total. The van der Waals surface area contributed by atoms with E-state index in [2.05, 4.69) is 10.1 Å². The molecule has 3 aromatic carbocycles. The summed E-state index contributed by atoms with van der Waals surface area (Å²) in [6.45, 7) is 0.229. The van der Waals surface area contributed by atoms with Gasteiger partial charge in [-0.25, -0.2) is 4.79 Å². The average molecular weight is 459 g/mol. The maximum Gasteiger partial charge on any atom is 0.328 e. The Hall–Kier alpha value is -3.97. The van der Waals surface area contributed by atoms with E-state index in [-0.39, 0.29) is 18.3 Å². The summed E-state index contributed by atoms with van der Waals surface area (Å²) in [5.74, 6) is 0.219. The average Bonchev–Trinajstić information content (AvgIpc) is 3.40. The lowest BCUT2D eigenvalue weighted by atomic mass is 10.1.